The summed E-state index contributed by atoms with van der Waals surface area (Å²) in [5.74, 6) is -0.850. The van der Waals surface area contributed by atoms with Crippen LogP contribution in [0.25, 0.3) is 0 Å². The predicted octanol–water partition coefficient (Wildman–Crippen LogP) is 1.93. The number of aryl methyl sites for hydroxylation is 1. The van der Waals surface area contributed by atoms with Crippen molar-refractivity contribution in [3.63, 3.8) is 0 Å². The van der Waals surface area contributed by atoms with E-state index >= 15 is 0 Å². The van der Waals surface area contributed by atoms with Crippen molar-refractivity contribution in [1.82, 2.24) is 4.31 Å². The molecule has 0 radical (unpaired) electrons. The lowest BCUT2D eigenvalue weighted by atomic mass is 9.81. The highest BCUT2D eigenvalue weighted by molar-refractivity contribution is 7.91. The van der Waals surface area contributed by atoms with Crippen molar-refractivity contribution in [3.05, 3.63) is 17.0 Å². The van der Waals surface area contributed by atoms with Gasteiger partial charge in [-0.3, -0.25) is 4.79 Å². The third-order valence-electron chi connectivity index (χ3n) is 3.65. The van der Waals surface area contributed by atoms with E-state index in [0.717, 1.165) is 4.88 Å². The van der Waals surface area contributed by atoms with Crippen molar-refractivity contribution >= 4 is 27.3 Å². The first-order chi connectivity index (χ1) is 8.75. The highest BCUT2D eigenvalue weighted by Gasteiger charge is 2.40. The van der Waals surface area contributed by atoms with Gasteiger partial charge in [0.1, 0.15) is 4.21 Å². The van der Waals surface area contributed by atoms with E-state index in [4.69, 9.17) is 5.11 Å². The lowest BCUT2D eigenvalue weighted by molar-refractivity contribution is -0.150. The molecule has 1 saturated heterocycles. The van der Waals surface area contributed by atoms with Crippen LogP contribution in [0.15, 0.2) is 16.3 Å². The second-order valence-electron chi connectivity index (χ2n) is 5.13. The Morgan fingerprint density at radius 2 is 1.95 bits per heavy atom. The lowest BCUT2D eigenvalue weighted by Crippen LogP contribution is -2.44. The van der Waals surface area contributed by atoms with Crippen molar-refractivity contribution in [1.29, 1.82) is 0 Å². The van der Waals surface area contributed by atoms with E-state index in [0.29, 0.717) is 17.1 Å². The third kappa shape index (κ3) is 2.68. The van der Waals surface area contributed by atoms with Crippen LogP contribution in [-0.4, -0.2) is 36.9 Å². The second kappa shape index (κ2) is 4.88. The summed E-state index contributed by atoms with van der Waals surface area (Å²) in [6.45, 7) is 4.07. The number of rotatable bonds is 3. The summed E-state index contributed by atoms with van der Waals surface area (Å²) in [5, 5.41) is 9.14. The molecule has 0 unspecified atom stereocenters. The van der Waals surface area contributed by atoms with E-state index in [1.54, 1.807) is 19.1 Å². The molecule has 1 aliphatic heterocycles. The molecular weight excluding hydrogens is 286 g/mol. The molecule has 0 bridgehead atoms. The molecule has 0 saturated carbocycles. The van der Waals surface area contributed by atoms with E-state index in [2.05, 4.69) is 0 Å². The van der Waals surface area contributed by atoms with Crippen LogP contribution < -0.4 is 0 Å². The number of hydrogen-bond donors (Lipinski definition) is 1. The summed E-state index contributed by atoms with van der Waals surface area (Å²) < 4.78 is 26.5. The maximum atomic E-state index is 12.4. The molecule has 7 heteroatoms. The van der Waals surface area contributed by atoms with Crippen molar-refractivity contribution in [2.75, 3.05) is 13.1 Å². The first-order valence-corrected chi connectivity index (χ1v) is 8.31. The number of thiophene rings is 1. The molecule has 1 fully saturated rings. The zero-order valence-electron chi connectivity index (χ0n) is 10.9. The molecule has 106 valence electrons. The minimum Gasteiger partial charge on any atom is -0.481 e. The molecule has 0 aromatic carbocycles. The van der Waals surface area contributed by atoms with Crippen molar-refractivity contribution in [2.45, 2.75) is 30.9 Å². The van der Waals surface area contributed by atoms with Gasteiger partial charge in [0.15, 0.2) is 0 Å². The van der Waals surface area contributed by atoms with Gasteiger partial charge in [-0.15, -0.1) is 11.3 Å². The number of hydrogen-bond acceptors (Lipinski definition) is 4. The summed E-state index contributed by atoms with van der Waals surface area (Å²) >= 11 is 1.25. The molecule has 0 spiro atoms. The predicted molar refractivity (Wildman–Crippen MR) is 72.8 cm³/mol. The highest BCUT2D eigenvalue weighted by atomic mass is 32.2. The zero-order chi connectivity index (χ0) is 14.3. The number of carboxylic acid groups (broad SMARTS) is 1. The summed E-state index contributed by atoms with van der Waals surface area (Å²) in [5.41, 5.74) is -0.808. The Bertz CT molecular complexity index is 583. The standard InChI is InChI=1S/C12H17NO4S2/c1-9-3-4-10(18-9)19(16,17)13-7-5-12(2,6-8-13)11(14)15/h3-4H,5-8H2,1-2H3,(H,14,15). The van der Waals surface area contributed by atoms with Gasteiger partial charge in [0.25, 0.3) is 10.0 Å². The SMILES string of the molecule is Cc1ccc(S(=O)(=O)N2CCC(C)(C(=O)O)CC2)s1. The topological polar surface area (TPSA) is 74.7 Å². The smallest absolute Gasteiger partial charge is 0.309 e. The fourth-order valence-corrected chi connectivity index (χ4v) is 4.99. The summed E-state index contributed by atoms with van der Waals surface area (Å²) in [4.78, 5) is 12.1. The van der Waals surface area contributed by atoms with Gasteiger partial charge in [0.05, 0.1) is 5.41 Å². The Labute approximate surface area is 116 Å². The molecule has 19 heavy (non-hydrogen) atoms. The molecule has 2 heterocycles. The molecule has 2 rings (SSSR count). The normalized spacial score (nSPS) is 20.3. The van der Waals surface area contributed by atoms with Gasteiger partial charge in [0.2, 0.25) is 0 Å². The van der Waals surface area contributed by atoms with Crippen LogP contribution in [0.4, 0.5) is 0 Å². The summed E-state index contributed by atoms with van der Waals surface area (Å²) in [6, 6.07) is 3.39. The summed E-state index contributed by atoms with van der Waals surface area (Å²) in [7, 11) is -3.46. The van der Waals surface area contributed by atoms with Crippen molar-refractivity contribution in [2.24, 2.45) is 5.41 Å². The molecule has 1 aromatic heterocycles. The van der Waals surface area contributed by atoms with Gasteiger partial charge in [-0.1, -0.05) is 0 Å². The van der Waals surface area contributed by atoms with Gasteiger partial charge < -0.3 is 5.11 Å². The van der Waals surface area contributed by atoms with Gasteiger partial charge in [-0.2, -0.15) is 4.31 Å². The second-order valence-corrected chi connectivity index (χ2v) is 8.59. The minimum atomic E-state index is -3.46. The lowest BCUT2D eigenvalue weighted by Gasteiger charge is -2.35. The van der Waals surface area contributed by atoms with Crippen LogP contribution in [0, 0.1) is 12.3 Å². The van der Waals surface area contributed by atoms with Crippen LogP contribution in [0.2, 0.25) is 0 Å². The zero-order valence-corrected chi connectivity index (χ0v) is 12.6. The Balaban J connectivity index is 2.16. The Kier molecular flexibility index (Phi) is 3.72. The molecule has 0 amide bonds. The number of aliphatic carboxylic acids is 1. The quantitative estimate of drug-likeness (QED) is 0.926. The van der Waals surface area contributed by atoms with Crippen LogP contribution in [-0.2, 0) is 14.8 Å². The first-order valence-electron chi connectivity index (χ1n) is 6.06. The first kappa shape index (κ1) is 14.5. The molecule has 1 aromatic rings. The Morgan fingerprint density at radius 1 is 1.37 bits per heavy atom. The monoisotopic (exact) mass is 303 g/mol. The van der Waals surface area contributed by atoms with E-state index in [9.17, 15) is 13.2 Å². The largest absolute Gasteiger partial charge is 0.481 e. The number of sulfonamides is 1. The van der Waals surface area contributed by atoms with Crippen LogP contribution in [0.3, 0.4) is 0 Å². The van der Waals surface area contributed by atoms with Crippen LogP contribution in [0.1, 0.15) is 24.6 Å². The van der Waals surface area contributed by atoms with Crippen LogP contribution in [0.5, 0.6) is 0 Å². The average molecular weight is 303 g/mol. The van der Waals surface area contributed by atoms with E-state index in [1.165, 1.54) is 15.6 Å². The summed E-state index contributed by atoms with van der Waals surface area (Å²) in [6.07, 6.45) is 0.706. The van der Waals surface area contributed by atoms with E-state index in [-0.39, 0.29) is 13.1 Å². The Morgan fingerprint density at radius 3 is 2.37 bits per heavy atom. The number of nitrogens with zero attached hydrogens (tertiary/aromatic N) is 1. The van der Waals surface area contributed by atoms with Gasteiger partial charge in [0, 0.05) is 18.0 Å². The van der Waals surface area contributed by atoms with Crippen molar-refractivity contribution in [3.8, 4) is 0 Å². The van der Waals surface area contributed by atoms with Crippen LogP contribution >= 0.6 is 11.3 Å². The molecule has 5 nitrogen and oxygen atoms in total. The molecule has 0 aliphatic carbocycles. The highest BCUT2D eigenvalue weighted by Crippen LogP contribution is 2.34. The Hall–Kier alpha value is -0.920. The average Bonchev–Trinajstić information content (AvgIpc) is 2.77. The fraction of sp³-hybridized carbons (Fsp3) is 0.583. The van der Waals surface area contributed by atoms with Crippen molar-refractivity contribution < 1.29 is 18.3 Å². The minimum absolute atomic E-state index is 0.266. The van der Waals surface area contributed by atoms with E-state index < -0.39 is 21.4 Å². The maximum absolute atomic E-state index is 12.4. The van der Waals surface area contributed by atoms with Gasteiger partial charge in [-0.05, 0) is 38.8 Å². The number of carboxylic acids is 1. The molecule has 1 N–H and O–H groups in total. The van der Waals surface area contributed by atoms with Gasteiger partial charge >= 0.3 is 5.97 Å². The van der Waals surface area contributed by atoms with Gasteiger partial charge in [-0.25, -0.2) is 8.42 Å². The fourth-order valence-electron chi connectivity index (χ4n) is 2.11. The number of carbonyl (C=O) groups is 1. The van der Waals surface area contributed by atoms with E-state index in [1.807, 2.05) is 6.92 Å². The molecule has 0 atom stereocenters. The molecule has 1 aliphatic rings. The maximum Gasteiger partial charge on any atom is 0.309 e. The number of piperidine rings is 1. The third-order valence-corrected chi connectivity index (χ3v) is 7.02. The molecular formula is C12H17NO4S2.